The van der Waals surface area contributed by atoms with Gasteiger partial charge in [0.05, 0.1) is 16.1 Å². The van der Waals surface area contributed by atoms with Gasteiger partial charge in [0, 0.05) is 23.0 Å². The van der Waals surface area contributed by atoms with E-state index in [-0.39, 0.29) is 23.2 Å². The van der Waals surface area contributed by atoms with E-state index in [0.717, 1.165) is 57.0 Å². The van der Waals surface area contributed by atoms with Crippen LogP contribution in [-0.2, 0) is 16.6 Å². The van der Waals surface area contributed by atoms with Gasteiger partial charge in [-0.05, 0) is 126 Å². The van der Waals surface area contributed by atoms with E-state index in [1.54, 1.807) is 12.1 Å². The van der Waals surface area contributed by atoms with Crippen LogP contribution in [0.3, 0.4) is 0 Å². The van der Waals surface area contributed by atoms with Crippen molar-refractivity contribution in [3.63, 3.8) is 0 Å². The molecule has 3 heterocycles. The van der Waals surface area contributed by atoms with E-state index in [1.807, 2.05) is 12.1 Å². The van der Waals surface area contributed by atoms with E-state index >= 15 is 0 Å². The van der Waals surface area contributed by atoms with Crippen molar-refractivity contribution in [2.24, 2.45) is 0 Å². The molecule has 2 atom stereocenters. The lowest BCUT2D eigenvalue weighted by Crippen LogP contribution is -2.48. The highest BCUT2D eigenvalue weighted by Crippen LogP contribution is 2.42. The fourth-order valence-corrected chi connectivity index (χ4v) is 7.65. The van der Waals surface area contributed by atoms with Crippen LogP contribution in [0.2, 0.25) is 15.1 Å². The predicted molar refractivity (Wildman–Crippen MR) is 163 cm³/mol. The molecule has 3 fully saturated rings. The molecular formula is C32H41Cl3FN3O. The predicted octanol–water partition coefficient (Wildman–Crippen LogP) is 7.32. The maximum Gasteiger partial charge on any atom is 0.154 e. The smallest absolute Gasteiger partial charge is 0.154 e. The minimum Gasteiger partial charge on any atom is -0.307 e. The molecule has 4 nitrogen and oxygen atoms in total. The van der Waals surface area contributed by atoms with Crippen LogP contribution in [0.5, 0.6) is 0 Å². The lowest BCUT2D eigenvalue weighted by atomic mass is 9.69. The SMILES string of the molecule is O=C(Cc1c(F)cccc1Cl)C1CC(CCN2CCC(N3CCCCC3)CC2)(c2ccc(Cl)c(Cl)c2)CCCN1. The molecule has 3 aliphatic heterocycles. The van der Waals surface area contributed by atoms with Crippen molar-refractivity contribution in [2.75, 3.05) is 39.3 Å². The largest absolute Gasteiger partial charge is 0.307 e. The summed E-state index contributed by atoms with van der Waals surface area (Å²) >= 11 is 19.1. The molecule has 218 valence electrons. The number of carbonyl (C=O) groups is 1. The Hall–Kier alpha value is -1.21. The topological polar surface area (TPSA) is 35.6 Å². The number of ketones is 1. The van der Waals surface area contributed by atoms with Crippen LogP contribution in [0, 0.1) is 5.82 Å². The molecule has 2 aromatic rings. The van der Waals surface area contributed by atoms with E-state index in [4.69, 9.17) is 34.8 Å². The highest BCUT2D eigenvalue weighted by molar-refractivity contribution is 6.42. The molecule has 40 heavy (non-hydrogen) atoms. The van der Waals surface area contributed by atoms with Crippen LogP contribution < -0.4 is 5.32 Å². The van der Waals surface area contributed by atoms with E-state index < -0.39 is 11.9 Å². The van der Waals surface area contributed by atoms with Crippen molar-refractivity contribution < 1.29 is 9.18 Å². The quantitative estimate of drug-likeness (QED) is 0.341. The number of nitrogens with one attached hydrogen (secondary N) is 1. The first-order valence-electron chi connectivity index (χ1n) is 15.0. The minimum absolute atomic E-state index is 0.0232. The highest BCUT2D eigenvalue weighted by Gasteiger charge is 2.39. The van der Waals surface area contributed by atoms with Crippen molar-refractivity contribution in [1.29, 1.82) is 0 Å². The zero-order valence-electron chi connectivity index (χ0n) is 23.2. The Balaban J connectivity index is 1.32. The second kappa shape index (κ2) is 13.8. The van der Waals surface area contributed by atoms with Gasteiger partial charge < -0.3 is 15.1 Å². The van der Waals surface area contributed by atoms with Crippen molar-refractivity contribution in [3.8, 4) is 0 Å². The van der Waals surface area contributed by atoms with Crippen LogP contribution in [0.4, 0.5) is 4.39 Å². The molecule has 1 N–H and O–H groups in total. The van der Waals surface area contributed by atoms with E-state index in [9.17, 15) is 9.18 Å². The number of rotatable bonds is 8. The molecule has 3 saturated heterocycles. The molecule has 0 aromatic heterocycles. The van der Waals surface area contributed by atoms with Gasteiger partial charge in [-0.3, -0.25) is 4.79 Å². The van der Waals surface area contributed by atoms with Crippen molar-refractivity contribution in [2.45, 2.75) is 81.7 Å². The minimum atomic E-state index is -0.432. The number of piperidine rings is 2. The Morgan fingerprint density at radius 3 is 2.45 bits per heavy atom. The van der Waals surface area contributed by atoms with E-state index in [1.165, 1.54) is 51.3 Å². The van der Waals surface area contributed by atoms with E-state index in [2.05, 4.69) is 21.2 Å². The summed E-state index contributed by atoms with van der Waals surface area (Å²) in [6, 6.07) is 10.8. The van der Waals surface area contributed by atoms with Gasteiger partial charge in [-0.1, -0.05) is 53.4 Å². The van der Waals surface area contributed by atoms with Crippen LogP contribution >= 0.6 is 34.8 Å². The van der Waals surface area contributed by atoms with Crippen molar-refractivity contribution in [3.05, 3.63) is 68.4 Å². The average Bonchev–Trinajstić information content (AvgIpc) is 3.20. The first-order chi connectivity index (χ1) is 19.3. The number of likely N-dealkylation sites (tertiary alicyclic amines) is 2. The summed E-state index contributed by atoms with van der Waals surface area (Å²) in [4.78, 5) is 18.9. The lowest BCUT2D eigenvalue weighted by molar-refractivity contribution is -0.120. The fraction of sp³-hybridized carbons (Fsp3) is 0.594. The van der Waals surface area contributed by atoms with Gasteiger partial charge in [0.2, 0.25) is 0 Å². The number of Topliss-reactive ketones (excluding diaryl/α,β-unsaturated/α-hetero) is 1. The zero-order chi connectivity index (χ0) is 28.1. The third-order valence-electron chi connectivity index (χ3n) is 9.52. The van der Waals surface area contributed by atoms with Gasteiger partial charge >= 0.3 is 0 Å². The summed E-state index contributed by atoms with van der Waals surface area (Å²) in [5.74, 6) is -0.459. The second-order valence-electron chi connectivity index (χ2n) is 12.0. The molecule has 8 heteroatoms. The third-order valence-corrected chi connectivity index (χ3v) is 10.6. The number of nitrogens with zero attached hydrogens (tertiary/aromatic N) is 2. The highest BCUT2D eigenvalue weighted by atomic mass is 35.5. The van der Waals surface area contributed by atoms with Gasteiger partial charge in [-0.25, -0.2) is 4.39 Å². The molecule has 3 aliphatic rings. The Bertz CT molecular complexity index is 1150. The molecule has 5 rings (SSSR count). The first-order valence-corrected chi connectivity index (χ1v) is 16.1. The van der Waals surface area contributed by atoms with Gasteiger partial charge in [-0.2, -0.15) is 0 Å². The first kappa shape index (κ1) is 30.3. The Morgan fingerprint density at radius 2 is 1.73 bits per heavy atom. The summed E-state index contributed by atoms with van der Waals surface area (Å²) in [6.45, 7) is 6.46. The molecule has 0 aliphatic carbocycles. The van der Waals surface area contributed by atoms with Crippen molar-refractivity contribution >= 4 is 40.6 Å². The number of halogens is 4. The van der Waals surface area contributed by atoms with Crippen LogP contribution in [-0.4, -0.2) is 66.9 Å². The molecule has 0 amide bonds. The summed E-state index contributed by atoms with van der Waals surface area (Å²) in [6.07, 6.45) is 9.95. The van der Waals surface area contributed by atoms with E-state index in [0.29, 0.717) is 21.5 Å². The molecule has 2 unspecified atom stereocenters. The summed E-state index contributed by atoms with van der Waals surface area (Å²) in [5.41, 5.74) is 1.17. The van der Waals surface area contributed by atoms with Crippen molar-refractivity contribution in [1.82, 2.24) is 15.1 Å². The molecular weight excluding hydrogens is 568 g/mol. The molecule has 2 aromatic carbocycles. The van der Waals surface area contributed by atoms with Gasteiger partial charge in [0.15, 0.2) is 5.78 Å². The zero-order valence-corrected chi connectivity index (χ0v) is 25.5. The van der Waals surface area contributed by atoms with Gasteiger partial charge in [0.25, 0.3) is 0 Å². The lowest BCUT2D eigenvalue weighted by Gasteiger charge is -2.42. The molecule has 0 saturated carbocycles. The Kier molecular flexibility index (Phi) is 10.5. The van der Waals surface area contributed by atoms with Crippen LogP contribution in [0.25, 0.3) is 0 Å². The average molecular weight is 609 g/mol. The van der Waals surface area contributed by atoms with Crippen LogP contribution in [0.1, 0.15) is 68.9 Å². The fourth-order valence-electron chi connectivity index (χ4n) is 7.12. The van der Waals surface area contributed by atoms with Gasteiger partial charge in [-0.15, -0.1) is 0 Å². The Morgan fingerprint density at radius 1 is 0.950 bits per heavy atom. The number of benzene rings is 2. The summed E-state index contributed by atoms with van der Waals surface area (Å²) < 4.78 is 14.5. The standard InChI is InChI=1S/C32H41Cl3FN3O/c33-26-6-4-7-29(36)25(26)21-31(40)30-22-32(12-5-14-37-30,23-8-9-27(34)28(35)20-23)13-19-38-17-10-24(11-18-38)39-15-2-1-3-16-39/h4,6-9,20,24,30,37H,1-3,5,10-19,21-22H2. The second-order valence-corrected chi connectivity index (χ2v) is 13.2. The number of hydrogen-bond acceptors (Lipinski definition) is 4. The third kappa shape index (κ3) is 7.22. The molecule has 0 radical (unpaired) electrons. The number of carbonyl (C=O) groups excluding carboxylic acids is 1. The van der Waals surface area contributed by atoms with Crippen LogP contribution in [0.15, 0.2) is 36.4 Å². The van der Waals surface area contributed by atoms with Gasteiger partial charge in [0.1, 0.15) is 5.82 Å². The maximum absolute atomic E-state index is 14.5. The normalized spacial score (nSPS) is 25.6. The maximum atomic E-state index is 14.5. The number of hydrogen-bond donors (Lipinski definition) is 1. The molecule has 0 bridgehead atoms. The summed E-state index contributed by atoms with van der Waals surface area (Å²) in [7, 11) is 0. The molecule has 0 spiro atoms. The summed E-state index contributed by atoms with van der Waals surface area (Å²) in [5, 5.41) is 4.85. The Labute approximate surface area is 253 Å². The monoisotopic (exact) mass is 607 g/mol.